The average molecular weight is 166 g/mol. The fraction of sp³-hybridized carbons (Fsp3) is 0.556. The molecule has 3 nitrogen and oxygen atoms in total. The van der Waals surface area contributed by atoms with E-state index in [9.17, 15) is 0 Å². The molecule has 0 spiro atoms. The maximum absolute atomic E-state index is 6.03. The fourth-order valence-corrected chi connectivity index (χ4v) is 1.64. The Hall–Kier alpha value is -0.800. The Kier molecular flexibility index (Phi) is 2.15. The molecule has 2 rings (SSSR count). The van der Waals surface area contributed by atoms with Crippen LogP contribution in [-0.4, -0.2) is 18.2 Å². The maximum atomic E-state index is 6.03. The Balaban J connectivity index is 2.04. The van der Waals surface area contributed by atoms with Gasteiger partial charge in [0.2, 0.25) is 0 Å². The maximum Gasteiger partial charge on any atom is 0.0513 e. The normalized spacial score (nSPS) is 25.9. The molecule has 0 amide bonds. The van der Waals surface area contributed by atoms with Gasteiger partial charge < -0.3 is 15.5 Å². The largest absolute Gasteiger partial charge is 0.381 e. The van der Waals surface area contributed by atoms with Gasteiger partial charge in [0.05, 0.1) is 6.61 Å². The summed E-state index contributed by atoms with van der Waals surface area (Å²) < 4.78 is 5.28. The van der Waals surface area contributed by atoms with E-state index in [4.69, 9.17) is 10.5 Å². The minimum absolute atomic E-state index is 0.113. The summed E-state index contributed by atoms with van der Waals surface area (Å²) in [5, 5.41) is 0. The topological polar surface area (TPSA) is 51.0 Å². The molecule has 0 bridgehead atoms. The van der Waals surface area contributed by atoms with Crippen molar-refractivity contribution in [3.8, 4) is 0 Å². The summed E-state index contributed by atoms with van der Waals surface area (Å²) in [7, 11) is 0. The Morgan fingerprint density at radius 2 is 2.58 bits per heavy atom. The minimum Gasteiger partial charge on any atom is -0.381 e. The lowest BCUT2D eigenvalue weighted by molar-refractivity contribution is 0.180. The molecule has 1 aliphatic heterocycles. The third-order valence-corrected chi connectivity index (χ3v) is 2.45. The summed E-state index contributed by atoms with van der Waals surface area (Å²) in [6.45, 7) is 1.67. The number of hydrogen-bond acceptors (Lipinski definition) is 2. The van der Waals surface area contributed by atoms with E-state index in [1.165, 1.54) is 0 Å². The summed E-state index contributed by atoms with van der Waals surface area (Å²) >= 11 is 0. The van der Waals surface area contributed by atoms with Gasteiger partial charge in [0.1, 0.15) is 0 Å². The van der Waals surface area contributed by atoms with E-state index in [0.29, 0.717) is 5.92 Å². The van der Waals surface area contributed by atoms with Gasteiger partial charge in [-0.3, -0.25) is 0 Å². The number of hydrogen-bond donors (Lipinski definition) is 2. The molecule has 66 valence electrons. The smallest absolute Gasteiger partial charge is 0.0513 e. The molecule has 3 N–H and O–H groups in total. The molecule has 1 saturated heterocycles. The molecular formula is C9H14N2O. The number of ether oxygens (including phenoxy) is 1. The molecule has 0 aliphatic carbocycles. The SMILES string of the molecule is NC(c1ccc[nH]1)C1CCOC1. The first-order valence-corrected chi connectivity index (χ1v) is 4.34. The van der Waals surface area contributed by atoms with Crippen molar-refractivity contribution in [3.63, 3.8) is 0 Å². The van der Waals surface area contributed by atoms with Gasteiger partial charge >= 0.3 is 0 Å². The lowest BCUT2D eigenvalue weighted by Gasteiger charge is -2.15. The Bertz CT molecular complexity index is 227. The zero-order valence-electron chi connectivity index (χ0n) is 6.99. The molecule has 1 aromatic heterocycles. The van der Waals surface area contributed by atoms with Crippen LogP contribution < -0.4 is 5.73 Å². The molecule has 1 aliphatic rings. The van der Waals surface area contributed by atoms with Crippen LogP contribution >= 0.6 is 0 Å². The van der Waals surface area contributed by atoms with Gasteiger partial charge in [-0.15, -0.1) is 0 Å². The van der Waals surface area contributed by atoms with Gasteiger partial charge in [-0.2, -0.15) is 0 Å². The second-order valence-corrected chi connectivity index (χ2v) is 3.27. The van der Waals surface area contributed by atoms with Crippen molar-refractivity contribution in [2.45, 2.75) is 12.5 Å². The van der Waals surface area contributed by atoms with E-state index in [-0.39, 0.29) is 6.04 Å². The van der Waals surface area contributed by atoms with Crippen molar-refractivity contribution in [2.75, 3.05) is 13.2 Å². The van der Waals surface area contributed by atoms with Crippen LogP contribution in [-0.2, 0) is 4.74 Å². The van der Waals surface area contributed by atoms with Gasteiger partial charge in [-0.05, 0) is 18.6 Å². The van der Waals surface area contributed by atoms with Crippen molar-refractivity contribution in [3.05, 3.63) is 24.0 Å². The minimum atomic E-state index is 0.113. The predicted molar refractivity (Wildman–Crippen MR) is 46.6 cm³/mol. The highest BCUT2D eigenvalue weighted by atomic mass is 16.5. The zero-order valence-corrected chi connectivity index (χ0v) is 6.99. The standard InChI is InChI=1S/C9H14N2O/c10-9(7-3-5-12-6-7)8-2-1-4-11-8/h1-2,4,7,9,11H,3,5-6,10H2. The number of rotatable bonds is 2. The summed E-state index contributed by atoms with van der Waals surface area (Å²) in [6, 6.07) is 4.12. The third kappa shape index (κ3) is 1.38. The predicted octanol–water partition coefficient (Wildman–Crippen LogP) is 1.05. The second-order valence-electron chi connectivity index (χ2n) is 3.27. The number of nitrogens with one attached hydrogen (secondary N) is 1. The molecular weight excluding hydrogens is 152 g/mol. The highest BCUT2D eigenvalue weighted by Gasteiger charge is 2.24. The van der Waals surface area contributed by atoms with Gasteiger partial charge in [0, 0.05) is 30.5 Å². The second kappa shape index (κ2) is 3.29. The summed E-state index contributed by atoms with van der Waals surface area (Å²) in [4.78, 5) is 3.13. The molecule has 0 saturated carbocycles. The number of aromatic nitrogens is 1. The molecule has 3 heteroatoms. The molecule has 2 atom stereocenters. The van der Waals surface area contributed by atoms with Crippen LogP contribution in [0.5, 0.6) is 0 Å². The highest BCUT2D eigenvalue weighted by molar-refractivity contribution is 5.09. The van der Waals surface area contributed by atoms with E-state index in [1.807, 2.05) is 18.3 Å². The third-order valence-electron chi connectivity index (χ3n) is 2.45. The van der Waals surface area contributed by atoms with Gasteiger partial charge in [-0.1, -0.05) is 0 Å². The van der Waals surface area contributed by atoms with E-state index in [1.54, 1.807) is 0 Å². The monoisotopic (exact) mass is 166 g/mol. The number of aromatic amines is 1. The van der Waals surface area contributed by atoms with Crippen LogP contribution in [0.2, 0.25) is 0 Å². The first kappa shape index (κ1) is 7.83. The van der Waals surface area contributed by atoms with E-state index >= 15 is 0 Å². The first-order chi connectivity index (χ1) is 5.88. The van der Waals surface area contributed by atoms with Crippen molar-refractivity contribution in [1.82, 2.24) is 4.98 Å². The zero-order chi connectivity index (χ0) is 8.39. The average Bonchev–Trinajstić information content (AvgIpc) is 2.77. The van der Waals surface area contributed by atoms with E-state index in [0.717, 1.165) is 25.3 Å². The first-order valence-electron chi connectivity index (χ1n) is 4.34. The molecule has 2 unspecified atom stereocenters. The molecule has 12 heavy (non-hydrogen) atoms. The van der Waals surface area contributed by atoms with Gasteiger partial charge in [-0.25, -0.2) is 0 Å². The molecule has 1 fully saturated rings. The van der Waals surface area contributed by atoms with Crippen molar-refractivity contribution in [2.24, 2.45) is 11.7 Å². The Morgan fingerprint density at radius 1 is 1.67 bits per heavy atom. The van der Waals surface area contributed by atoms with Crippen LogP contribution in [0.4, 0.5) is 0 Å². The summed E-state index contributed by atoms with van der Waals surface area (Å²) in [5.41, 5.74) is 7.15. The molecule has 0 aromatic carbocycles. The Morgan fingerprint density at radius 3 is 3.17 bits per heavy atom. The van der Waals surface area contributed by atoms with Crippen molar-refractivity contribution < 1.29 is 4.74 Å². The summed E-state index contributed by atoms with van der Waals surface area (Å²) in [5.74, 6) is 0.489. The Labute approximate surface area is 71.9 Å². The van der Waals surface area contributed by atoms with E-state index in [2.05, 4.69) is 4.98 Å². The quantitative estimate of drug-likeness (QED) is 0.690. The van der Waals surface area contributed by atoms with Gasteiger partial charge in [0.25, 0.3) is 0 Å². The van der Waals surface area contributed by atoms with Crippen LogP contribution in [0.1, 0.15) is 18.2 Å². The van der Waals surface area contributed by atoms with Gasteiger partial charge in [0.15, 0.2) is 0 Å². The highest BCUT2D eigenvalue weighted by Crippen LogP contribution is 2.25. The summed E-state index contributed by atoms with van der Waals surface area (Å²) in [6.07, 6.45) is 2.99. The fourth-order valence-electron chi connectivity index (χ4n) is 1.64. The number of H-pyrrole nitrogens is 1. The van der Waals surface area contributed by atoms with Crippen LogP contribution in [0, 0.1) is 5.92 Å². The number of nitrogens with two attached hydrogens (primary N) is 1. The molecule has 2 heterocycles. The van der Waals surface area contributed by atoms with Crippen molar-refractivity contribution >= 4 is 0 Å². The lowest BCUT2D eigenvalue weighted by Crippen LogP contribution is -2.21. The van der Waals surface area contributed by atoms with Crippen LogP contribution in [0.3, 0.4) is 0 Å². The molecule has 1 aromatic rings. The van der Waals surface area contributed by atoms with E-state index < -0.39 is 0 Å². The van der Waals surface area contributed by atoms with Crippen LogP contribution in [0.25, 0.3) is 0 Å². The lowest BCUT2D eigenvalue weighted by atomic mass is 9.97. The van der Waals surface area contributed by atoms with Crippen molar-refractivity contribution in [1.29, 1.82) is 0 Å². The van der Waals surface area contributed by atoms with Crippen LogP contribution in [0.15, 0.2) is 18.3 Å². The molecule has 0 radical (unpaired) electrons.